The highest BCUT2D eigenvalue weighted by molar-refractivity contribution is 7.91. The molecule has 4 heteroatoms. The van der Waals surface area contributed by atoms with E-state index in [2.05, 4.69) is 18.7 Å². The minimum Gasteiger partial charge on any atom is -0.301 e. The fraction of sp³-hybridized carbons (Fsp3) is 1.00. The molecule has 2 rings (SSSR count). The predicted octanol–water partition coefficient (Wildman–Crippen LogP) is 1.54. The van der Waals surface area contributed by atoms with Gasteiger partial charge in [0.2, 0.25) is 0 Å². The van der Waals surface area contributed by atoms with E-state index in [0.29, 0.717) is 16.9 Å². The molecule has 0 bridgehead atoms. The first kappa shape index (κ1) is 12.4. The Morgan fingerprint density at radius 1 is 1.19 bits per heavy atom. The molecule has 0 atom stereocenters. The third kappa shape index (κ3) is 3.20. The Hall–Kier alpha value is -0.0900. The lowest BCUT2D eigenvalue weighted by Crippen LogP contribution is -2.43. The summed E-state index contributed by atoms with van der Waals surface area (Å²) in [6, 6.07) is 0. The van der Waals surface area contributed by atoms with Crippen LogP contribution in [0.1, 0.15) is 33.1 Å². The van der Waals surface area contributed by atoms with Crippen molar-refractivity contribution in [3.05, 3.63) is 0 Å². The number of sulfone groups is 1. The van der Waals surface area contributed by atoms with Crippen molar-refractivity contribution in [2.75, 3.05) is 31.1 Å². The lowest BCUT2D eigenvalue weighted by atomic mass is 9.93. The summed E-state index contributed by atoms with van der Waals surface area (Å²) in [6.45, 7) is 7.19. The van der Waals surface area contributed by atoms with Gasteiger partial charge in [-0.25, -0.2) is 8.42 Å². The SMILES string of the molecule is CC(C)CC1(CN2CCS(=O)(=O)CC2)CC1. The zero-order valence-electron chi connectivity index (χ0n) is 10.4. The van der Waals surface area contributed by atoms with E-state index in [-0.39, 0.29) is 0 Å². The van der Waals surface area contributed by atoms with Gasteiger partial charge in [0.15, 0.2) is 9.84 Å². The molecule has 1 saturated heterocycles. The van der Waals surface area contributed by atoms with Crippen LogP contribution in [-0.4, -0.2) is 44.5 Å². The first-order chi connectivity index (χ1) is 7.41. The van der Waals surface area contributed by atoms with Crippen molar-refractivity contribution < 1.29 is 8.42 Å². The van der Waals surface area contributed by atoms with Crippen LogP contribution in [0.25, 0.3) is 0 Å². The predicted molar refractivity (Wildman–Crippen MR) is 66.2 cm³/mol. The Labute approximate surface area is 99.1 Å². The van der Waals surface area contributed by atoms with Gasteiger partial charge in [-0.3, -0.25) is 0 Å². The monoisotopic (exact) mass is 245 g/mol. The molecule has 0 unspecified atom stereocenters. The van der Waals surface area contributed by atoms with Crippen molar-refractivity contribution in [2.45, 2.75) is 33.1 Å². The molecular weight excluding hydrogens is 222 g/mol. The molecular formula is C12H23NO2S. The highest BCUT2D eigenvalue weighted by Crippen LogP contribution is 2.51. The first-order valence-corrected chi connectivity index (χ1v) is 8.16. The summed E-state index contributed by atoms with van der Waals surface area (Å²) in [7, 11) is -2.72. The second-order valence-electron chi connectivity index (χ2n) is 6.03. The van der Waals surface area contributed by atoms with E-state index in [4.69, 9.17) is 0 Å². The Morgan fingerprint density at radius 3 is 2.19 bits per heavy atom. The minimum absolute atomic E-state index is 0.366. The van der Waals surface area contributed by atoms with E-state index in [1.54, 1.807) is 0 Å². The van der Waals surface area contributed by atoms with E-state index in [1.807, 2.05) is 0 Å². The molecule has 0 aromatic carbocycles. The minimum atomic E-state index is -2.72. The van der Waals surface area contributed by atoms with Gasteiger partial charge in [-0.05, 0) is 30.6 Å². The van der Waals surface area contributed by atoms with Crippen LogP contribution < -0.4 is 0 Å². The Balaban J connectivity index is 1.83. The fourth-order valence-corrected chi connectivity index (χ4v) is 4.13. The zero-order chi connectivity index (χ0) is 11.8. The molecule has 94 valence electrons. The summed E-state index contributed by atoms with van der Waals surface area (Å²) in [6.07, 6.45) is 3.99. The summed E-state index contributed by atoms with van der Waals surface area (Å²) < 4.78 is 22.7. The number of hydrogen-bond donors (Lipinski definition) is 0. The van der Waals surface area contributed by atoms with Crippen LogP contribution in [0, 0.1) is 11.3 Å². The summed E-state index contributed by atoms with van der Waals surface area (Å²) in [5.74, 6) is 1.49. The van der Waals surface area contributed by atoms with Crippen LogP contribution in [0.2, 0.25) is 0 Å². The molecule has 1 aliphatic carbocycles. The molecule has 2 aliphatic rings. The van der Waals surface area contributed by atoms with E-state index in [0.717, 1.165) is 25.6 Å². The second-order valence-corrected chi connectivity index (χ2v) is 8.33. The van der Waals surface area contributed by atoms with Gasteiger partial charge >= 0.3 is 0 Å². The van der Waals surface area contributed by atoms with Gasteiger partial charge in [0.05, 0.1) is 11.5 Å². The van der Waals surface area contributed by atoms with Crippen molar-refractivity contribution >= 4 is 9.84 Å². The highest BCUT2D eigenvalue weighted by Gasteiger charge is 2.44. The van der Waals surface area contributed by atoms with Gasteiger partial charge in [0.25, 0.3) is 0 Å². The molecule has 0 aromatic rings. The number of nitrogens with zero attached hydrogens (tertiary/aromatic N) is 1. The third-order valence-corrected chi connectivity index (χ3v) is 5.40. The van der Waals surface area contributed by atoms with Gasteiger partial charge in [-0.2, -0.15) is 0 Å². The molecule has 2 fully saturated rings. The molecule has 0 spiro atoms. The largest absolute Gasteiger partial charge is 0.301 e. The van der Waals surface area contributed by atoms with Crippen LogP contribution in [0.5, 0.6) is 0 Å². The molecule has 16 heavy (non-hydrogen) atoms. The molecule has 3 nitrogen and oxygen atoms in total. The summed E-state index contributed by atoms with van der Waals surface area (Å²) >= 11 is 0. The Bertz CT molecular complexity index is 330. The molecule has 1 saturated carbocycles. The molecule has 0 aromatic heterocycles. The van der Waals surface area contributed by atoms with Crippen molar-refractivity contribution in [1.29, 1.82) is 0 Å². The molecule has 0 N–H and O–H groups in total. The van der Waals surface area contributed by atoms with Gasteiger partial charge < -0.3 is 4.90 Å². The highest BCUT2D eigenvalue weighted by atomic mass is 32.2. The topological polar surface area (TPSA) is 37.4 Å². The quantitative estimate of drug-likeness (QED) is 0.754. The third-order valence-electron chi connectivity index (χ3n) is 3.79. The summed E-state index contributed by atoms with van der Waals surface area (Å²) in [5.41, 5.74) is 0.537. The van der Waals surface area contributed by atoms with Crippen LogP contribution in [-0.2, 0) is 9.84 Å². The van der Waals surface area contributed by atoms with Crippen molar-refractivity contribution in [3.63, 3.8) is 0 Å². The van der Waals surface area contributed by atoms with Crippen molar-refractivity contribution in [3.8, 4) is 0 Å². The standard InChI is InChI=1S/C12H23NO2S/c1-11(2)9-12(3-4-12)10-13-5-7-16(14,15)8-6-13/h11H,3-10H2,1-2H3. The van der Waals surface area contributed by atoms with E-state index in [9.17, 15) is 8.42 Å². The van der Waals surface area contributed by atoms with Gasteiger partial charge in [0.1, 0.15) is 0 Å². The zero-order valence-corrected chi connectivity index (χ0v) is 11.2. The average Bonchev–Trinajstić information content (AvgIpc) is 2.88. The lowest BCUT2D eigenvalue weighted by Gasteiger charge is -2.31. The van der Waals surface area contributed by atoms with Gasteiger partial charge in [-0.15, -0.1) is 0 Å². The maximum Gasteiger partial charge on any atom is 0.152 e. The normalized spacial score (nSPS) is 28.2. The lowest BCUT2D eigenvalue weighted by molar-refractivity contribution is 0.214. The van der Waals surface area contributed by atoms with Gasteiger partial charge in [-0.1, -0.05) is 13.8 Å². The Morgan fingerprint density at radius 2 is 1.75 bits per heavy atom. The summed E-state index contributed by atoms with van der Waals surface area (Å²) in [5, 5.41) is 0. The average molecular weight is 245 g/mol. The van der Waals surface area contributed by atoms with Crippen molar-refractivity contribution in [1.82, 2.24) is 4.90 Å². The van der Waals surface area contributed by atoms with E-state index < -0.39 is 9.84 Å². The second kappa shape index (κ2) is 4.30. The smallest absolute Gasteiger partial charge is 0.152 e. The van der Waals surface area contributed by atoms with E-state index in [1.165, 1.54) is 19.3 Å². The van der Waals surface area contributed by atoms with Crippen LogP contribution >= 0.6 is 0 Å². The maximum atomic E-state index is 11.3. The molecule has 0 radical (unpaired) electrons. The molecule has 1 aliphatic heterocycles. The van der Waals surface area contributed by atoms with Crippen LogP contribution in [0.3, 0.4) is 0 Å². The van der Waals surface area contributed by atoms with Crippen LogP contribution in [0.4, 0.5) is 0 Å². The maximum absolute atomic E-state index is 11.3. The summed E-state index contributed by atoms with van der Waals surface area (Å²) in [4.78, 5) is 2.36. The fourth-order valence-electron chi connectivity index (χ4n) is 2.85. The molecule has 1 heterocycles. The van der Waals surface area contributed by atoms with Crippen LogP contribution in [0.15, 0.2) is 0 Å². The van der Waals surface area contributed by atoms with Crippen molar-refractivity contribution in [2.24, 2.45) is 11.3 Å². The Kier molecular flexibility index (Phi) is 3.32. The molecule has 0 amide bonds. The van der Waals surface area contributed by atoms with E-state index >= 15 is 0 Å². The number of hydrogen-bond acceptors (Lipinski definition) is 3. The number of rotatable bonds is 4. The first-order valence-electron chi connectivity index (χ1n) is 6.34. The van der Waals surface area contributed by atoms with Gasteiger partial charge in [0, 0.05) is 19.6 Å².